The summed E-state index contributed by atoms with van der Waals surface area (Å²) in [7, 11) is 1.52. The van der Waals surface area contributed by atoms with Crippen LogP contribution in [0.1, 0.15) is 57.8 Å². The number of ether oxygens (including phenoxy) is 1. The Kier molecular flexibility index (Phi) is 14.6. The summed E-state index contributed by atoms with van der Waals surface area (Å²) in [6.07, 6.45) is 6.29. The van der Waals surface area contributed by atoms with Crippen LogP contribution in [0.4, 0.5) is 0 Å². The molecule has 0 aromatic rings. The Labute approximate surface area is 205 Å². The van der Waals surface area contributed by atoms with E-state index in [4.69, 9.17) is 10.5 Å². The zero-order chi connectivity index (χ0) is 26.1. The first-order valence-electron chi connectivity index (χ1n) is 11.9. The third-order valence-corrected chi connectivity index (χ3v) is 5.28. The van der Waals surface area contributed by atoms with Crippen molar-refractivity contribution < 1.29 is 33.5 Å². The Balaban J connectivity index is 2.37. The number of hydrogen-bond acceptors (Lipinski definition) is 7. The molecule has 1 unspecified atom stereocenters. The molecule has 196 valence electrons. The molecule has 0 radical (unpaired) electrons. The number of nitrogens with one attached hydrogen (secondary N) is 3. The average molecular weight is 496 g/mol. The van der Waals surface area contributed by atoms with Crippen molar-refractivity contribution >= 4 is 35.4 Å². The second kappa shape index (κ2) is 17.2. The zero-order valence-electron chi connectivity index (χ0n) is 20.3. The number of unbranched alkanes of at least 4 members (excludes halogenated alkanes) is 3. The molecular weight excluding hydrogens is 458 g/mol. The van der Waals surface area contributed by atoms with Gasteiger partial charge >= 0.3 is 0 Å². The van der Waals surface area contributed by atoms with Gasteiger partial charge in [-0.1, -0.05) is 6.42 Å². The van der Waals surface area contributed by atoms with Crippen LogP contribution in [0.2, 0.25) is 0 Å². The van der Waals surface area contributed by atoms with E-state index < -0.39 is 17.9 Å². The Morgan fingerprint density at radius 3 is 2.26 bits per heavy atom. The van der Waals surface area contributed by atoms with Gasteiger partial charge in [0.15, 0.2) is 0 Å². The van der Waals surface area contributed by atoms with Gasteiger partial charge in [0.1, 0.15) is 6.04 Å². The lowest BCUT2D eigenvalue weighted by molar-refractivity contribution is -0.137. The molecule has 6 amide bonds. The van der Waals surface area contributed by atoms with E-state index in [0.29, 0.717) is 58.2 Å². The fourth-order valence-corrected chi connectivity index (χ4v) is 3.34. The van der Waals surface area contributed by atoms with Gasteiger partial charge in [-0.05, 0) is 32.1 Å². The topological polar surface area (TPSA) is 177 Å². The van der Waals surface area contributed by atoms with Crippen molar-refractivity contribution in [2.75, 3.05) is 33.4 Å². The lowest BCUT2D eigenvalue weighted by atomic mass is 10.1. The number of hydrogen-bond donors (Lipinski definition) is 4. The standard InChI is InChI=1S/C23H37N5O7/c1-35-16-12-19(30)25-13-5-4-7-17(23(34)26-14-11-18(24)29)27-20(31)8-3-2-6-15-28-21(32)9-10-22(28)33/h9-10,17H,2-8,11-16H2,1H3,(H2,24,29)(H,25,30)(H,26,34)(H,27,31). The number of methoxy groups -OCH3 is 1. The predicted octanol–water partition coefficient (Wildman–Crippen LogP) is -0.729. The number of primary amides is 1. The number of amides is 6. The second-order valence-electron chi connectivity index (χ2n) is 8.19. The van der Waals surface area contributed by atoms with Crippen LogP contribution in [0.25, 0.3) is 0 Å². The van der Waals surface area contributed by atoms with Crippen molar-refractivity contribution in [2.24, 2.45) is 5.73 Å². The summed E-state index contributed by atoms with van der Waals surface area (Å²) in [5.74, 6) is -2.00. The van der Waals surface area contributed by atoms with E-state index in [2.05, 4.69) is 16.0 Å². The van der Waals surface area contributed by atoms with E-state index in [0.717, 1.165) is 4.90 Å². The van der Waals surface area contributed by atoms with E-state index in [9.17, 15) is 28.8 Å². The van der Waals surface area contributed by atoms with E-state index in [1.165, 1.54) is 19.3 Å². The maximum atomic E-state index is 12.5. The van der Waals surface area contributed by atoms with Crippen molar-refractivity contribution in [2.45, 2.75) is 63.8 Å². The predicted molar refractivity (Wildman–Crippen MR) is 126 cm³/mol. The van der Waals surface area contributed by atoms with E-state index in [1.54, 1.807) is 0 Å². The van der Waals surface area contributed by atoms with Crippen LogP contribution in [0, 0.1) is 0 Å². The highest BCUT2D eigenvalue weighted by Crippen LogP contribution is 2.08. The van der Waals surface area contributed by atoms with Gasteiger partial charge < -0.3 is 26.4 Å². The van der Waals surface area contributed by atoms with Gasteiger partial charge in [-0.15, -0.1) is 0 Å². The summed E-state index contributed by atoms with van der Waals surface area (Å²) < 4.78 is 4.85. The summed E-state index contributed by atoms with van der Waals surface area (Å²) in [5.41, 5.74) is 5.09. The quantitative estimate of drug-likeness (QED) is 0.135. The minimum Gasteiger partial charge on any atom is -0.384 e. The van der Waals surface area contributed by atoms with E-state index >= 15 is 0 Å². The van der Waals surface area contributed by atoms with Gasteiger partial charge in [0.25, 0.3) is 11.8 Å². The molecular formula is C23H37N5O7. The van der Waals surface area contributed by atoms with Crippen molar-refractivity contribution in [1.82, 2.24) is 20.9 Å². The maximum Gasteiger partial charge on any atom is 0.253 e. The Hall–Kier alpha value is -3.28. The molecule has 1 atom stereocenters. The van der Waals surface area contributed by atoms with Crippen LogP contribution < -0.4 is 21.7 Å². The van der Waals surface area contributed by atoms with Gasteiger partial charge in [-0.3, -0.25) is 33.7 Å². The summed E-state index contributed by atoms with van der Waals surface area (Å²) in [5, 5.41) is 8.10. The molecule has 0 saturated carbocycles. The number of imide groups is 1. The molecule has 0 saturated heterocycles. The van der Waals surface area contributed by atoms with E-state index in [-0.39, 0.29) is 49.4 Å². The molecule has 0 bridgehead atoms. The molecule has 1 heterocycles. The lowest BCUT2D eigenvalue weighted by Crippen LogP contribution is -2.47. The number of carbonyl (C=O) groups is 6. The smallest absolute Gasteiger partial charge is 0.253 e. The molecule has 12 nitrogen and oxygen atoms in total. The van der Waals surface area contributed by atoms with Crippen molar-refractivity contribution in [1.29, 1.82) is 0 Å². The molecule has 1 aliphatic heterocycles. The molecule has 0 aliphatic carbocycles. The summed E-state index contributed by atoms with van der Waals surface area (Å²) in [6.45, 7) is 1.18. The molecule has 1 aliphatic rings. The normalized spacial score (nSPS) is 13.6. The minimum absolute atomic E-state index is 0.00252. The highest BCUT2D eigenvalue weighted by Gasteiger charge is 2.23. The van der Waals surface area contributed by atoms with Crippen LogP contribution in [-0.4, -0.2) is 79.7 Å². The van der Waals surface area contributed by atoms with Crippen LogP contribution in [-0.2, 0) is 33.5 Å². The summed E-state index contributed by atoms with van der Waals surface area (Å²) >= 11 is 0. The van der Waals surface area contributed by atoms with Gasteiger partial charge in [0.05, 0.1) is 6.61 Å². The molecule has 0 fully saturated rings. The Bertz CT molecular complexity index is 766. The van der Waals surface area contributed by atoms with Crippen LogP contribution in [0.5, 0.6) is 0 Å². The number of carbonyl (C=O) groups excluding carboxylic acids is 6. The Morgan fingerprint density at radius 1 is 0.886 bits per heavy atom. The van der Waals surface area contributed by atoms with Crippen LogP contribution >= 0.6 is 0 Å². The molecule has 0 spiro atoms. The van der Waals surface area contributed by atoms with Crippen molar-refractivity contribution in [3.8, 4) is 0 Å². The second-order valence-corrected chi connectivity index (χ2v) is 8.19. The number of nitrogens with zero attached hydrogens (tertiary/aromatic N) is 1. The van der Waals surface area contributed by atoms with Crippen molar-refractivity contribution in [3.05, 3.63) is 12.2 Å². The Morgan fingerprint density at radius 2 is 1.60 bits per heavy atom. The largest absolute Gasteiger partial charge is 0.384 e. The summed E-state index contributed by atoms with van der Waals surface area (Å²) in [4.78, 5) is 71.6. The highest BCUT2D eigenvalue weighted by molar-refractivity contribution is 6.12. The van der Waals surface area contributed by atoms with Gasteiger partial charge in [-0.25, -0.2) is 0 Å². The number of nitrogens with two attached hydrogens (primary N) is 1. The average Bonchev–Trinajstić information content (AvgIpc) is 3.13. The first-order valence-corrected chi connectivity index (χ1v) is 11.9. The minimum atomic E-state index is -0.773. The molecule has 0 aromatic heterocycles. The van der Waals surface area contributed by atoms with Crippen molar-refractivity contribution in [3.63, 3.8) is 0 Å². The first kappa shape index (κ1) is 29.8. The molecule has 0 aromatic carbocycles. The SMILES string of the molecule is COCCC(=O)NCCCCC(NC(=O)CCCCCN1C(=O)C=CC1=O)C(=O)NCCC(N)=O. The lowest BCUT2D eigenvalue weighted by Gasteiger charge is -2.19. The molecule has 1 rings (SSSR count). The zero-order valence-corrected chi connectivity index (χ0v) is 20.3. The van der Waals surface area contributed by atoms with Crippen LogP contribution in [0.15, 0.2) is 12.2 Å². The molecule has 5 N–H and O–H groups in total. The fraction of sp³-hybridized carbons (Fsp3) is 0.652. The third-order valence-electron chi connectivity index (χ3n) is 5.28. The third kappa shape index (κ3) is 13.3. The van der Waals surface area contributed by atoms with Gasteiger partial charge in [0.2, 0.25) is 23.6 Å². The fourth-order valence-electron chi connectivity index (χ4n) is 3.34. The summed E-state index contributed by atoms with van der Waals surface area (Å²) in [6, 6.07) is -0.773. The monoisotopic (exact) mass is 495 g/mol. The first-order chi connectivity index (χ1) is 16.7. The molecule has 35 heavy (non-hydrogen) atoms. The molecule has 12 heteroatoms. The van der Waals surface area contributed by atoms with Gasteiger partial charge in [-0.2, -0.15) is 0 Å². The van der Waals surface area contributed by atoms with Gasteiger partial charge in [0, 0.05) is 58.2 Å². The van der Waals surface area contributed by atoms with Crippen LogP contribution in [0.3, 0.4) is 0 Å². The van der Waals surface area contributed by atoms with E-state index in [1.807, 2.05) is 0 Å². The highest BCUT2D eigenvalue weighted by atomic mass is 16.5. The number of rotatable bonds is 19. The maximum absolute atomic E-state index is 12.5.